The number of hydrogen-bond acceptors (Lipinski definition) is 5. The van der Waals surface area contributed by atoms with Crippen LogP contribution in [0.4, 0.5) is 5.69 Å². The van der Waals surface area contributed by atoms with Crippen molar-refractivity contribution in [2.24, 2.45) is 0 Å². The van der Waals surface area contributed by atoms with Gasteiger partial charge in [-0.05, 0) is 49.6 Å². The minimum Gasteiger partial charge on any atom is -0.495 e. The molecule has 0 unspecified atom stereocenters. The number of methoxy groups -OCH3 is 1. The normalized spacial score (nSPS) is 15.2. The van der Waals surface area contributed by atoms with Gasteiger partial charge in [-0.3, -0.25) is 9.10 Å². The van der Waals surface area contributed by atoms with Crippen LogP contribution < -0.4 is 14.4 Å². The van der Waals surface area contributed by atoms with Crippen molar-refractivity contribution in [3.8, 4) is 5.75 Å². The second kappa shape index (κ2) is 11.0. The third-order valence-electron chi connectivity index (χ3n) is 4.84. The van der Waals surface area contributed by atoms with Gasteiger partial charge >= 0.3 is 0 Å². The van der Waals surface area contributed by atoms with E-state index in [0.29, 0.717) is 18.0 Å². The summed E-state index contributed by atoms with van der Waals surface area (Å²) in [4.78, 5) is 12.4. The predicted octanol–water partition coefficient (Wildman–Crippen LogP) is 3.34. The third-order valence-corrected chi connectivity index (χ3v) is 7.43. The summed E-state index contributed by atoms with van der Waals surface area (Å²) in [5.41, 5.74) is 1.28. The fourth-order valence-electron chi connectivity index (χ4n) is 3.34. The summed E-state index contributed by atoms with van der Waals surface area (Å²) < 4.78 is 31.0. The first kappa shape index (κ1) is 22.9. The monoisotopic (exact) mass is 428 g/mol. The SMILES string of the molecule is COc1ccc(C)cc1N(CC(=O)NCCCSC1CCCCC1)S(C)(=O)=O. The van der Waals surface area contributed by atoms with Gasteiger partial charge in [0.25, 0.3) is 0 Å². The summed E-state index contributed by atoms with van der Waals surface area (Å²) in [5, 5.41) is 3.61. The Bertz CT molecular complexity index is 747. The van der Waals surface area contributed by atoms with E-state index in [-0.39, 0.29) is 12.5 Å². The molecule has 0 atom stereocenters. The molecule has 1 saturated carbocycles. The average molecular weight is 429 g/mol. The molecule has 0 bridgehead atoms. The minimum absolute atomic E-state index is 0.256. The number of ether oxygens (including phenoxy) is 1. The van der Waals surface area contributed by atoms with Gasteiger partial charge < -0.3 is 10.1 Å². The highest BCUT2D eigenvalue weighted by Gasteiger charge is 2.24. The molecule has 158 valence electrons. The van der Waals surface area contributed by atoms with E-state index in [1.165, 1.54) is 39.2 Å². The summed E-state index contributed by atoms with van der Waals surface area (Å²) in [7, 11) is -2.14. The van der Waals surface area contributed by atoms with Gasteiger partial charge in [0.2, 0.25) is 15.9 Å². The predicted molar refractivity (Wildman–Crippen MR) is 117 cm³/mol. The maximum atomic E-state index is 12.4. The topological polar surface area (TPSA) is 75.7 Å². The molecule has 8 heteroatoms. The van der Waals surface area contributed by atoms with Crippen LogP contribution >= 0.6 is 11.8 Å². The number of benzene rings is 1. The third kappa shape index (κ3) is 7.20. The first-order valence-corrected chi connectivity index (χ1v) is 12.7. The maximum absolute atomic E-state index is 12.4. The van der Waals surface area contributed by atoms with Crippen molar-refractivity contribution in [3.05, 3.63) is 23.8 Å². The van der Waals surface area contributed by atoms with E-state index >= 15 is 0 Å². The lowest BCUT2D eigenvalue weighted by molar-refractivity contribution is -0.119. The van der Waals surface area contributed by atoms with Crippen molar-refractivity contribution in [1.82, 2.24) is 5.32 Å². The van der Waals surface area contributed by atoms with Crippen LogP contribution in [0.3, 0.4) is 0 Å². The number of rotatable bonds is 10. The molecule has 0 aliphatic heterocycles. The Kier molecular flexibility index (Phi) is 8.95. The van der Waals surface area contributed by atoms with Gasteiger partial charge in [0.05, 0.1) is 19.1 Å². The van der Waals surface area contributed by atoms with Gasteiger partial charge in [-0.25, -0.2) is 8.42 Å². The molecule has 0 saturated heterocycles. The van der Waals surface area contributed by atoms with Gasteiger partial charge in [0, 0.05) is 11.8 Å². The lowest BCUT2D eigenvalue weighted by Gasteiger charge is -2.24. The number of nitrogens with zero attached hydrogens (tertiary/aromatic N) is 1. The highest BCUT2D eigenvalue weighted by atomic mass is 32.2. The molecular weight excluding hydrogens is 396 g/mol. The molecular formula is C20H32N2O4S2. The Morgan fingerprint density at radius 2 is 2.00 bits per heavy atom. The molecule has 2 rings (SSSR count). The summed E-state index contributed by atoms with van der Waals surface area (Å²) in [6, 6.07) is 5.27. The van der Waals surface area contributed by atoms with E-state index in [4.69, 9.17) is 4.74 Å². The molecule has 1 aromatic carbocycles. The number of anilines is 1. The van der Waals surface area contributed by atoms with E-state index < -0.39 is 10.0 Å². The molecule has 1 aromatic rings. The second-order valence-electron chi connectivity index (χ2n) is 7.28. The fraction of sp³-hybridized carbons (Fsp3) is 0.650. The van der Waals surface area contributed by atoms with Crippen molar-refractivity contribution in [3.63, 3.8) is 0 Å². The molecule has 0 radical (unpaired) electrons. The number of carbonyl (C=O) groups is 1. The Morgan fingerprint density at radius 3 is 2.64 bits per heavy atom. The van der Waals surface area contributed by atoms with E-state index in [9.17, 15) is 13.2 Å². The quantitative estimate of drug-likeness (QED) is 0.579. The van der Waals surface area contributed by atoms with Gasteiger partial charge in [-0.1, -0.05) is 25.3 Å². The van der Waals surface area contributed by atoms with Crippen LogP contribution in [-0.2, 0) is 14.8 Å². The molecule has 6 nitrogen and oxygen atoms in total. The number of sulfonamides is 1. The van der Waals surface area contributed by atoms with Crippen molar-refractivity contribution < 1.29 is 17.9 Å². The van der Waals surface area contributed by atoms with Crippen LogP contribution in [0.15, 0.2) is 18.2 Å². The van der Waals surface area contributed by atoms with Crippen molar-refractivity contribution in [2.45, 2.75) is 50.7 Å². The lowest BCUT2D eigenvalue weighted by atomic mass is 10.0. The van der Waals surface area contributed by atoms with E-state index in [1.54, 1.807) is 12.1 Å². The molecule has 1 aliphatic rings. The van der Waals surface area contributed by atoms with E-state index in [1.807, 2.05) is 24.8 Å². The zero-order valence-corrected chi connectivity index (χ0v) is 18.7. The Labute approximate surface area is 173 Å². The van der Waals surface area contributed by atoms with Crippen LogP contribution in [0.5, 0.6) is 5.75 Å². The zero-order valence-electron chi connectivity index (χ0n) is 17.1. The minimum atomic E-state index is -3.62. The molecule has 28 heavy (non-hydrogen) atoms. The first-order valence-electron chi connectivity index (χ1n) is 9.82. The molecule has 0 spiro atoms. The number of aryl methyl sites for hydroxylation is 1. The molecule has 0 aromatic heterocycles. The number of amides is 1. The summed E-state index contributed by atoms with van der Waals surface area (Å²) in [6.07, 6.45) is 8.62. The lowest BCUT2D eigenvalue weighted by Crippen LogP contribution is -2.41. The largest absolute Gasteiger partial charge is 0.495 e. The molecule has 1 N–H and O–H groups in total. The van der Waals surface area contributed by atoms with Crippen molar-refractivity contribution in [2.75, 3.05) is 36.5 Å². The number of thioether (sulfide) groups is 1. The first-order chi connectivity index (χ1) is 13.3. The van der Waals surface area contributed by atoms with Crippen LogP contribution in [-0.4, -0.2) is 51.8 Å². The summed E-state index contributed by atoms with van der Waals surface area (Å²) in [6.45, 7) is 2.17. The van der Waals surface area contributed by atoms with Gasteiger partial charge in [0.15, 0.2) is 0 Å². The Morgan fingerprint density at radius 1 is 1.29 bits per heavy atom. The molecule has 1 amide bonds. The average Bonchev–Trinajstić information content (AvgIpc) is 2.65. The van der Waals surface area contributed by atoms with Crippen LogP contribution in [0.2, 0.25) is 0 Å². The van der Waals surface area contributed by atoms with Gasteiger partial charge in [0.1, 0.15) is 12.3 Å². The molecule has 0 heterocycles. The van der Waals surface area contributed by atoms with Crippen LogP contribution in [0.1, 0.15) is 44.1 Å². The zero-order chi connectivity index (χ0) is 20.6. The standard InChI is InChI=1S/C20H32N2O4S2/c1-16-10-11-19(26-2)18(14-16)22(28(3,24)25)15-20(23)21-12-7-13-27-17-8-5-4-6-9-17/h10-11,14,17H,4-9,12-13,15H2,1-3H3,(H,21,23). The smallest absolute Gasteiger partial charge is 0.240 e. The van der Waals surface area contributed by atoms with Crippen molar-refractivity contribution in [1.29, 1.82) is 0 Å². The van der Waals surface area contributed by atoms with Gasteiger partial charge in [-0.15, -0.1) is 0 Å². The van der Waals surface area contributed by atoms with Crippen LogP contribution in [0, 0.1) is 6.92 Å². The second-order valence-corrected chi connectivity index (χ2v) is 10.6. The Balaban J connectivity index is 1.87. The summed E-state index contributed by atoms with van der Waals surface area (Å²) in [5.74, 6) is 1.14. The summed E-state index contributed by atoms with van der Waals surface area (Å²) >= 11 is 2.00. The fourth-order valence-corrected chi connectivity index (χ4v) is 5.51. The maximum Gasteiger partial charge on any atom is 0.240 e. The van der Waals surface area contributed by atoms with Crippen molar-refractivity contribution >= 4 is 33.4 Å². The number of nitrogens with one attached hydrogen (secondary N) is 1. The Hall–Kier alpha value is -1.41. The highest BCUT2D eigenvalue weighted by molar-refractivity contribution is 7.99. The van der Waals surface area contributed by atoms with E-state index in [2.05, 4.69) is 5.32 Å². The number of carbonyl (C=O) groups excluding carboxylic acids is 1. The van der Waals surface area contributed by atoms with Crippen LogP contribution in [0.25, 0.3) is 0 Å². The van der Waals surface area contributed by atoms with Gasteiger partial charge in [-0.2, -0.15) is 11.8 Å². The molecule has 1 fully saturated rings. The highest BCUT2D eigenvalue weighted by Crippen LogP contribution is 2.31. The number of hydrogen-bond donors (Lipinski definition) is 1. The molecule has 1 aliphatic carbocycles. The van der Waals surface area contributed by atoms with E-state index in [0.717, 1.165) is 33.5 Å².